The molecule has 34 heavy (non-hydrogen) atoms. The quantitative estimate of drug-likeness (QED) is 0.201. The van der Waals surface area contributed by atoms with Gasteiger partial charge in [-0.3, -0.25) is 14.4 Å². The lowest BCUT2D eigenvalue weighted by Crippen LogP contribution is -2.38. The van der Waals surface area contributed by atoms with Gasteiger partial charge >= 0.3 is 11.9 Å². The summed E-state index contributed by atoms with van der Waals surface area (Å²) in [5.74, 6) is -2.29. The van der Waals surface area contributed by atoms with Gasteiger partial charge in [-0.15, -0.1) is 0 Å². The highest BCUT2D eigenvalue weighted by Crippen LogP contribution is 2.41. The van der Waals surface area contributed by atoms with Crippen molar-refractivity contribution in [1.29, 1.82) is 0 Å². The number of allylic oxidation sites excluding steroid dienone is 1. The van der Waals surface area contributed by atoms with Crippen molar-refractivity contribution in [2.45, 2.75) is 24.7 Å². The van der Waals surface area contributed by atoms with E-state index in [0.717, 1.165) is 0 Å². The fraction of sp³-hybridized carbons (Fsp3) is 0.148. The Balaban J connectivity index is 1.98. The largest absolute Gasteiger partial charge is 0.481 e. The number of ketones is 1. The van der Waals surface area contributed by atoms with E-state index in [-0.39, 0.29) is 30.7 Å². The highest BCUT2D eigenvalue weighted by atomic mass is 16.4. The number of carboxylic acid groups (broad SMARTS) is 2. The van der Waals surface area contributed by atoms with Crippen LogP contribution in [0.1, 0.15) is 46.3 Å². The summed E-state index contributed by atoms with van der Waals surface area (Å²) in [4.78, 5) is 36.1. The standard InChI is InChI=1S/C27H26N2O5/c28-21-13-14-22(23(29)17-21)27(26(33)34,16-4-7-25(31)32)20-11-8-18(9-12-20)10-15-24(30)19-5-2-1-3-6-19/h1-3,5-6,8-15,17H,4,7,16,28-29H2,(H,31,32)(H,33,34)/b15-10+. The third-order valence-corrected chi connectivity index (χ3v) is 5.73. The van der Waals surface area contributed by atoms with Crippen LogP contribution >= 0.6 is 0 Å². The Hall–Kier alpha value is -4.39. The molecule has 7 nitrogen and oxygen atoms in total. The van der Waals surface area contributed by atoms with E-state index in [1.807, 2.05) is 6.07 Å². The Labute approximate surface area is 197 Å². The maximum absolute atomic E-state index is 12.7. The number of anilines is 2. The molecule has 0 amide bonds. The maximum Gasteiger partial charge on any atom is 0.318 e. The van der Waals surface area contributed by atoms with Crippen molar-refractivity contribution in [3.8, 4) is 0 Å². The summed E-state index contributed by atoms with van der Waals surface area (Å²) < 4.78 is 0. The number of carboxylic acids is 2. The minimum atomic E-state index is -1.56. The van der Waals surface area contributed by atoms with Crippen molar-refractivity contribution in [3.05, 3.63) is 101 Å². The van der Waals surface area contributed by atoms with Gasteiger partial charge in [-0.1, -0.05) is 66.7 Å². The topological polar surface area (TPSA) is 144 Å². The Morgan fingerprint density at radius 3 is 2.15 bits per heavy atom. The molecule has 1 atom stereocenters. The summed E-state index contributed by atoms with van der Waals surface area (Å²) in [7, 11) is 0. The van der Waals surface area contributed by atoms with Crippen LogP contribution in [0.3, 0.4) is 0 Å². The van der Waals surface area contributed by atoms with Crippen LogP contribution in [0, 0.1) is 0 Å². The lowest BCUT2D eigenvalue weighted by molar-refractivity contribution is -0.143. The average Bonchev–Trinajstić information content (AvgIpc) is 2.81. The van der Waals surface area contributed by atoms with E-state index in [1.165, 1.54) is 12.1 Å². The van der Waals surface area contributed by atoms with E-state index in [0.29, 0.717) is 27.9 Å². The SMILES string of the molecule is Nc1ccc(C(CCCC(=O)O)(C(=O)O)c2ccc(/C=C/C(=O)c3ccccc3)cc2)c(N)c1. The number of nitrogen functional groups attached to an aromatic ring is 2. The molecule has 0 aliphatic carbocycles. The predicted octanol–water partition coefficient (Wildman–Crippen LogP) is 4.37. The fourth-order valence-electron chi connectivity index (χ4n) is 4.00. The number of carbonyl (C=O) groups excluding carboxylic acids is 1. The molecule has 3 aromatic carbocycles. The van der Waals surface area contributed by atoms with Crippen LogP contribution in [0.4, 0.5) is 11.4 Å². The second-order valence-electron chi connectivity index (χ2n) is 7.99. The highest BCUT2D eigenvalue weighted by molar-refractivity contribution is 6.06. The Morgan fingerprint density at radius 1 is 0.882 bits per heavy atom. The number of benzene rings is 3. The zero-order chi connectivity index (χ0) is 24.7. The van der Waals surface area contributed by atoms with E-state index in [2.05, 4.69) is 0 Å². The van der Waals surface area contributed by atoms with Crippen molar-refractivity contribution >= 4 is 35.2 Å². The summed E-state index contributed by atoms with van der Waals surface area (Å²) in [5, 5.41) is 19.4. The third-order valence-electron chi connectivity index (χ3n) is 5.73. The molecule has 0 aromatic heterocycles. The summed E-state index contributed by atoms with van der Waals surface area (Å²) in [6, 6.07) is 20.3. The molecule has 0 bridgehead atoms. The Bertz CT molecular complexity index is 1220. The Morgan fingerprint density at radius 2 is 1.56 bits per heavy atom. The summed E-state index contributed by atoms with van der Waals surface area (Å²) in [6.07, 6.45) is 3.11. The lowest BCUT2D eigenvalue weighted by atomic mass is 9.70. The molecule has 0 fully saturated rings. The van der Waals surface area contributed by atoms with Crippen molar-refractivity contribution in [3.63, 3.8) is 0 Å². The van der Waals surface area contributed by atoms with Crippen LogP contribution in [0.2, 0.25) is 0 Å². The van der Waals surface area contributed by atoms with Gasteiger partial charge in [-0.05, 0) is 47.7 Å². The molecule has 174 valence electrons. The first-order valence-corrected chi connectivity index (χ1v) is 10.7. The lowest BCUT2D eigenvalue weighted by Gasteiger charge is -2.32. The van der Waals surface area contributed by atoms with Gasteiger partial charge in [0.15, 0.2) is 5.78 Å². The minimum Gasteiger partial charge on any atom is -0.481 e. The van der Waals surface area contributed by atoms with E-state index in [4.69, 9.17) is 16.6 Å². The van der Waals surface area contributed by atoms with E-state index in [9.17, 15) is 19.5 Å². The number of hydrogen-bond acceptors (Lipinski definition) is 5. The van der Waals surface area contributed by atoms with Crippen LogP contribution in [0.25, 0.3) is 6.08 Å². The van der Waals surface area contributed by atoms with Crippen molar-refractivity contribution in [2.75, 3.05) is 11.5 Å². The normalized spacial score (nSPS) is 12.8. The Kier molecular flexibility index (Phi) is 7.48. The van der Waals surface area contributed by atoms with Crippen LogP contribution in [0.5, 0.6) is 0 Å². The molecule has 6 N–H and O–H groups in total. The molecular weight excluding hydrogens is 432 g/mol. The first kappa shape index (κ1) is 24.3. The van der Waals surface area contributed by atoms with Gasteiger partial charge < -0.3 is 21.7 Å². The molecule has 0 saturated carbocycles. The van der Waals surface area contributed by atoms with Crippen molar-refractivity contribution < 1.29 is 24.6 Å². The van der Waals surface area contributed by atoms with Gasteiger partial charge in [0.1, 0.15) is 5.41 Å². The van der Waals surface area contributed by atoms with Crippen LogP contribution < -0.4 is 11.5 Å². The molecule has 0 aliphatic rings. The molecule has 0 heterocycles. The zero-order valence-corrected chi connectivity index (χ0v) is 18.5. The number of aliphatic carboxylic acids is 2. The zero-order valence-electron chi connectivity index (χ0n) is 18.5. The molecule has 1 unspecified atom stereocenters. The van der Waals surface area contributed by atoms with Gasteiger partial charge in [-0.2, -0.15) is 0 Å². The van der Waals surface area contributed by atoms with E-state index in [1.54, 1.807) is 66.7 Å². The number of nitrogens with two attached hydrogens (primary N) is 2. The minimum absolute atomic E-state index is 0.0322. The number of rotatable bonds is 10. The van der Waals surface area contributed by atoms with Crippen LogP contribution in [-0.4, -0.2) is 27.9 Å². The molecule has 0 radical (unpaired) electrons. The van der Waals surface area contributed by atoms with E-state index < -0.39 is 17.4 Å². The van der Waals surface area contributed by atoms with Crippen LogP contribution in [-0.2, 0) is 15.0 Å². The van der Waals surface area contributed by atoms with Gasteiger partial charge in [0.25, 0.3) is 0 Å². The van der Waals surface area contributed by atoms with E-state index >= 15 is 0 Å². The average molecular weight is 459 g/mol. The molecule has 3 aromatic rings. The molecule has 3 rings (SSSR count). The van der Waals surface area contributed by atoms with Gasteiger partial charge in [0.2, 0.25) is 0 Å². The molecular formula is C27H26N2O5. The molecule has 0 aliphatic heterocycles. The molecule has 7 heteroatoms. The van der Waals surface area contributed by atoms with Crippen LogP contribution in [0.15, 0.2) is 78.9 Å². The first-order chi connectivity index (χ1) is 16.2. The molecule has 0 saturated heterocycles. The van der Waals surface area contributed by atoms with Crippen molar-refractivity contribution in [2.24, 2.45) is 0 Å². The smallest absolute Gasteiger partial charge is 0.318 e. The summed E-state index contributed by atoms with van der Waals surface area (Å²) >= 11 is 0. The van der Waals surface area contributed by atoms with Gasteiger partial charge in [0, 0.05) is 23.4 Å². The third kappa shape index (κ3) is 5.32. The highest BCUT2D eigenvalue weighted by Gasteiger charge is 2.43. The second kappa shape index (κ2) is 10.5. The summed E-state index contributed by atoms with van der Waals surface area (Å²) in [6.45, 7) is 0. The fourth-order valence-corrected chi connectivity index (χ4v) is 4.00. The van der Waals surface area contributed by atoms with Gasteiger partial charge in [0.05, 0.1) is 0 Å². The van der Waals surface area contributed by atoms with Crippen molar-refractivity contribution in [1.82, 2.24) is 0 Å². The predicted molar refractivity (Wildman–Crippen MR) is 131 cm³/mol. The molecule has 0 spiro atoms. The maximum atomic E-state index is 12.7. The number of carbonyl (C=O) groups is 3. The first-order valence-electron chi connectivity index (χ1n) is 10.7. The second-order valence-corrected chi connectivity index (χ2v) is 7.99. The monoisotopic (exact) mass is 458 g/mol. The summed E-state index contributed by atoms with van der Waals surface area (Å²) in [5.41, 5.74) is 13.1. The number of hydrogen-bond donors (Lipinski definition) is 4. The van der Waals surface area contributed by atoms with Gasteiger partial charge in [-0.25, -0.2) is 0 Å².